The predicted molar refractivity (Wildman–Crippen MR) is 162 cm³/mol. The van der Waals surface area contributed by atoms with Gasteiger partial charge < -0.3 is 20.3 Å². The van der Waals surface area contributed by atoms with Crippen molar-refractivity contribution >= 4 is 34.4 Å². The minimum Gasteiger partial charge on any atom is -0.444 e. The molecule has 7 nitrogen and oxygen atoms in total. The summed E-state index contributed by atoms with van der Waals surface area (Å²) in [6.07, 6.45) is 7.11. The topological polar surface area (TPSA) is 87.7 Å². The third-order valence-electron chi connectivity index (χ3n) is 7.28. The van der Waals surface area contributed by atoms with Crippen LogP contribution in [0.2, 0.25) is 0 Å². The van der Waals surface area contributed by atoms with Gasteiger partial charge in [-0.1, -0.05) is 68.7 Å². The molecule has 2 N–H and O–H groups in total. The smallest absolute Gasteiger partial charge is 0.408 e. The Bertz CT molecular complexity index is 1450. The molecule has 7 heteroatoms. The number of terminal acetylenes is 1. The zero-order chi connectivity index (χ0) is 29.7. The highest BCUT2D eigenvalue weighted by Crippen LogP contribution is 2.37. The molecular formula is C34H39N3O4. The van der Waals surface area contributed by atoms with E-state index in [1.54, 1.807) is 49.9 Å². The van der Waals surface area contributed by atoms with Crippen molar-refractivity contribution in [2.75, 3.05) is 5.32 Å². The van der Waals surface area contributed by atoms with Crippen LogP contribution in [0.15, 0.2) is 66.7 Å². The van der Waals surface area contributed by atoms with Crippen LogP contribution in [0.3, 0.4) is 0 Å². The quantitative estimate of drug-likeness (QED) is 0.299. The van der Waals surface area contributed by atoms with E-state index in [-0.39, 0.29) is 23.8 Å². The van der Waals surface area contributed by atoms with Crippen molar-refractivity contribution in [2.24, 2.45) is 5.92 Å². The van der Waals surface area contributed by atoms with Crippen molar-refractivity contribution < 1.29 is 19.1 Å². The fraction of sp³-hybridized carbons (Fsp3) is 0.382. The van der Waals surface area contributed by atoms with Gasteiger partial charge in [-0.05, 0) is 80.1 Å². The van der Waals surface area contributed by atoms with Crippen LogP contribution in [0.5, 0.6) is 0 Å². The number of ether oxygens (including phenoxy) is 1. The zero-order valence-electron chi connectivity index (χ0n) is 24.4. The Morgan fingerprint density at radius 1 is 1.02 bits per heavy atom. The Kier molecular flexibility index (Phi) is 9.02. The summed E-state index contributed by atoms with van der Waals surface area (Å²) in [6.45, 7) is 9.20. The van der Waals surface area contributed by atoms with Crippen molar-refractivity contribution in [3.05, 3.63) is 77.9 Å². The van der Waals surface area contributed by atoms with Crippen LogP contribution in [-0.4, -0.2) is 40.5 Å². The van der Waals surface area contributed by atoms with Gasteiger partial charge in [-0.15, -0.1) is 6.42 Å². The van der Waals surface area contributed by atoms with Crippen LogP contribution < -0.4 is 10.6 Å². The van der Waals surface area contributed by atoms with Gasteiger partial charge in [0.05, 0.1) is 0 Å². The van der Waals surface area contributed by atoms with Crippen molar-refractivity contribution in [3.63, 3.8) is 0 Å². The second kappa shape index (κ2) is 12.5. The normalized spacial score (nSPS) is 15.2. The van der Waals surface area contributed by atoms with Crippen LogP contribution in [0.4, 0.5) is 10.5 Å². The third kappa shape index (κ3) is 7.46. The molecule has 3 aromatic carbocycles. The molecule has 0 aromatic heterocycles. The summed E-state index contributed by atoms with van der Waals surface area (Å²) >= 11 is 0. The maximum absolute atomic E-state index is 14.3. The molecule has 1 aliphatic rings. The molecule has 3 atom stereocenters. The second-order valence-corrected chi connectivity index (χ2v) is 11.7. The predicted octanol–water partition coefficient (Wildman–Crippen LogP) is 6.43. The van der Waals surface area contributed by atoms with Gasteiger partial charge in [-0.2, -0.15) is 0 Å². The van der Waals surface area contributed by atoms with E-state index in [0.717, 1.165) is 23.6 Å². The van der Waals surface area contributed by atoms with E-state index in [9.17, 15) is 14.4 Å². The molecule has 3 amide bonds. The first-order chi connectivity index (χ1) is 19.5. The molecule has 41 heavy (non-hydrogen) atoms. The Morgan fingerprint density at radius 2 is 1.68 bits per heavy atom. The average Bonchev–Trinajstić information content (AvgIpc) is 3.78. The van der Waals surface area contributed by atoms with Crippen molar-refractivity contribution in [3.8, 4) is 12.3 Å². The molecule has 1 aliphatic carbocycles. The lowest BCUT2D eigenvalue weighted by atomic mass is 9.95. The lowest BCUT2D eigenvalue weighted by Gasteiger charge is -2.36. The lowest BCUT2D eigenvalue weighted by molar-refractivity contribution is -0.142. The van der Waals surface area contributed by atoms with Gasteiger partial charge in [0, 0.05) is 17.3 Å². The first-order valence-corrected chi connectivity index (χ1v) is 14.2. The van der Waals surface area contributed by atoms with Gasteiger partial charge in [0.15, 0.2) is 0 Å². The Hall–Kier alpha value is -4.31. The summed E-state index contributed by atoms with van der Waals surface area (Å²) in [5.74, 6) is 1.76. The van der Waals surface area contributed by atoms with Crippen molar-refractivity contribution in [1.29, 1.82) is 0 Å². The van der Waals surface area contributed by atoms with Gasteiger partial charge in [0.1, 0.15) is 17.7 Å². The number of nitrogens with one attached hydrogen (secondary N) is 2. The number of carbonyl (C=O) groups excluding carboxylic acids is 3. The number of carbonyl (C=O) groups is 3. The van der Waals surface area contributed by atoms with Crippen molar-refractivity contribution in [1.82, 2.24) is 10.2 Å². The summed E-state index contributed by atoms with van der Waals surface area (Å²) in [5.41, 5.74) is 1.23. The first-order valence-electron chi connectivity index (χ1n) is 14.2. The Balaban J connectivity index is 1.71. The first kappa shape index (κ1) is 29.7. The van der Waals surface area contributed by atoms with Gasteiger partial charge in [-0.3, -0.25) is 9.59 Å². The fourth-order valence-electron chi connectivity index (χ4n) is 4.83. The van der Waals surface area contributed by atoms with Gasteiger partial charge in [0.2, 0.25) is 5.91 Å². The largest absolute Gasteiger partial charge is 0.444 e. The van der Waals surface area contributed by atoms with Gasteiger partial charge >= 0.3 is 6.09 Å². The highest BCUT2D eigenvalue weighted by atomic mass is 16.6. The summed E-state index contributed by atoms with van der Waals surface area (Å²) in [5, 5.41) is 7.91. The third-order valence-corrected chi connectivity index (χ3v) is 7.28. The number of fused-ring (bicyclic) bond motifs is 1. The van der Waals surface area contributed by atoms with E-state index in [1.807, 2.05) is 56.3 Å². The van der Waals surface area contributed by atoms with Crippen LogP contribution in [0.25, 0.3) is 10.8 Å². The molecule has 214 valence electrons. The minimum absolute atomic E-state index is 0.130. The van der Waals surface area contributed by atoms with E-state index in [4.69, 9.17) is 11.2 Å². The molecule has 3 unspecified atom stereocenters. The SMILES string of the molecule is C#Cc1ccc(C(C(=O)Nc2ccc3ccccc3c2)N(C(=O)C(NC(=O)OC(C)(C)C)C(C)CC)C2CC2)cc1. The fourth-order valence-corrected chi connectivity index (χ4v) is 4.83. The van der Waals surface area contributed by atoms with E-state index in [2.05, 4.69) is 16.6 Å². The molecule has 1 saturated carbocycles. The van der Waals surface area contributed by atoms with Crippen LogP contribution in [0, 0.1) is 18.3 Å². The number of hydrogen-bond acceptors (Lipinski definition) is 4. The molecule has 0 radical (unpaired) electrons. The Labute approximate surface area is 242 Å². The number of hydrogen-bond donors (Lipinski definition) is 2. The molecule has 1 fully saturated rings. The Morgan fingerprint density at radius 3 is 2.27 bits per heavy atom. The van der Waals surface area contributed by atoms with Crippen LogP contribution in [-0.2, 0) is 14.3 Å². The van der Waals surface area contributed by atoms with E-state index in [1.165, 1.54) is 0 Å². The molecule has 0 spiro atoms. The number of benzene rings is 3. The minimum atomic E-state index is -0.930. The van der Waals surface area contributed by atoms with E-state index >= 15 is 0 Å². The van der Waals surface area contributed by atoms with E-state index in [0.29, 0.717) is 23.2 Å². The van der Waals surface area contributed by atoms with Crippen molar-refractivity contribution in [2.45, 2.75) is 77.6 Å². The molecule has 3 aromatic rings. The van der Waals surface area contributed by atoms with Gasteiger partial charge in [0.25, 0.3) is 5.91 Å². The molecule has 0 aliphatic heterocycles. The maximum Gasteiger partial charge on any atom is 0.408 e. The monoisotopic (exact) mass is 553 g/mol. The van der Waals surface area contributed by atoms with Crippen LogP contribution in [0.1, 0.15) is 71.0 Å². The average molecular weight is 554 g/mol. The summed E-state index contributed by atoms with van der Waals surface area (Å²) in [6, 6.07) is 18.8. The number of anilines is 1. The highest BCUT2D eigenvalue weighted by Gasteiger charge is 2.45. The molecule has 0 bridgehead atoms. The number of amides is 3. The zero-order valence-corrected chi connectivity index (χ0v) is 24.4. The lowest BCUT2D eigenvalue weighted by Crippen LogP contribution is -2.55. The highest BCUT2D eigenvalue weighted by molar-refractivity contribution is 6.00. The maximum atomic E-state index is 14.3. The van der Waals surface area contributed by atoms with Gasteiger partial charge in [-0.25, -0.2) is 4.79 Å². The van der Waals surface area contributed by atoms with Crippen LogP contribution >= 0.6 is 0 Å². The number of alkyl carbamates (subject to hydrolysis) is 1. The van der Waals surface area contributed by atoms with E-state index < -0.39 is 23.8 Å². The molecule has 0 saturated heterocycles. The number of nitrogens with zero attached hydrogens (tertiary/aromatic N) is 1. The standard InChI is InChI=1S/C34H39N3O4/c1-7-22(3)29(36-33(40)41-34(4,5)6)32(39)37(28-19-20-28)30(25-15-13-23(8-2)14-16-25)31(38)35-27-18-17-24-11-9-10-12-26(24)21-27/h2,9-18,21-22,28-30H,7,19-20H2,1,3-6H3,(H,35,38)(H,36,40). The summed E-state index contributed by atoms with van der Waals surface area (Å²) < 4.78 is 5.48. The molecule has 4 rings (SSSR count). The molecule has 0 heterocycles. The second-order valence-electron chi connectivity index (χ2n) is 11.7. The summed E-state index contributed by atoms with van der Waals surface area (Å²) in [4.78, 5) is 42.9. The molecular weight excluding hydrogens is 514 g/mol. The number of rotatable bonds is 9. The summed E-state index contributed by atoms with van der Waals surface area (Å²) in [7, 11) is 0.